The highest BCUT2D eigenvalue weighted by Crippen LogP contribution is 2.44. The van der Waals surface area contributed by atoms with E-state index >= 15 is 0 Å². The molecule has 4 aromatic rings. The molecule has 2 aliphatic heterocycles. The summed E-state index contributed by atoms with van der Waals surface area (Å²) in [6.07, 6.45) is -0.316. The van der Waals surface area contributed by atoms with Gasteiger partial charge in [0.2, 0.25) is 0 Å². The molecule has 17 heteroatoms. The monoisotopic (exact) mass is 652 g/mol. The Morgan fingerprint density at radius 1 is 1.07 bits per heavy atom. The van der Waals surface area contributed by atoms with Gasteiger partial charge >= 0.3 is 6.03 Å². The van der Waals surface area contributed by atoms with Crippen molar-refractivity contribution in [1.82, 2.24) is 24.8 Å². The van der Waals surface area contributed by atoms with Crippen molar-refractivity contribution in [1.29, 1.82) is 0 Å². The molecular weight excluding hydrogens is 620 g/mol. The first-order chi connectivity index (χ1) is 22.1. The van der Waals surface area contributed by atoms with Gasteiger partial charge in [-0.05, 0) is 57.2 Å². The number of aromatic nitrogens is 4. The summed E-state index contributed by atoms with van der Waals surface area (Å²) in [6.45, 7) is 5.76. The first-order valence-corrected chi connectivity index (χ1v) is 15.3. The van der Waals surface area contributed by atoms with E-state index in [1.54, 1.807) is 66.9 Å². The number of para-hydroxylation sites is 2. The van der Waals surface area contributed by atoms with Crippen molar-refractivity contribution in [3.05, 3.63) is 61.2 Å². The average molecular weight is 653 g/mol. The Hall–Kier alpha value is -4.68. The summed E-state index contributed by atoms with van der Waals surface area (Å²) >= 11 is -2.48. The molecule has 5 atom stereocenters. The van der Waals surface area contributed by atoms with E-state index in [1.165, 1.54) is 19.8 Å². The van der Waals surface area contributed by atoms with Gasteiger partial charge in [-0.15, -0.1) is 0 Å². The molecule has 2 aromatic heterocycles. The van der Waals surface area contributed by atoms with Crippen molar-refractivity contribution in [2.24, 2.45) is 0 Å². The zero-order chi connectivity index (χ0) is 32.6. The summed E-state index contributed by atoms with van der Waals surface area (Å²) in [4.78, 5) is 39.1. The SMILES string of the molecule is CCNC(=O)[C@H]1OC(n2cnc3c(NC(=O)Nc4ccccc4N(c4ccc(OC)cc4)S(=O)O)ncnc32)[C@@H]2OC(C)(C)O[C@H]12. The molecule has 2 aromatic carbocycles. The van der Waals surface area contributed by atoms with Crippen LogP contribution in [0.5, 0.6) is 5.75 Å². The average Bonchev–Trinajstić information content (AvgIpc) is 3.69. The van der Waals surface area contributed by atoms with Gasteiger partial charge in [-0.25, -0.2) is 28.3 Å². The number of ether oxygens (including phenoxy) is 4. The Bertz CT molecular complexity index is 1780. The number of fused-ring (bicyclic) bond motifs is 2. The lowest BCUT2D eigenvalue weighted by Gasteiger charge is -2.24. The second-order valence-corrected chi connectivity index (χ2v) is 11.6. The molecule has 4 N–H and O–H groups in total. The molecule has 2 aliphatic rings. The topological polar surface area (TPSA) is 191 Å². The quantitative estimate of drug-likeness (QED) is 0.194. The second kappa shape index (κ2) is 12.6. The minimum atomic E-state index is -2.48. The Labute approximate surface area is 265 Å². The highest BCUT2D eigenvalue weighted by atomic mass is 32.2. The number of methoxy groups -OCH3 is 1. The molecule has 46 heavy (non-hydrogen) atoms. The Balaban J connectivity index is 1.25. The van der Waals surface area contributed by atoms with E-state index in [0.717, 1.165) is 4.31 Å². The van der Waals surface area contributed by atoms with E-state index in [2.05, 4.69) is 30.9 Å². The van der Waals surface area contributed by atoms with Crippen LogP contribution >= 0.6 is 0 Å². The Morgan fingerprint density at radius 3 is 2.52 bits per heavy atom. The fourth-order valence-electron chi connectivity index (χ4n) is 5.46. The number of anilines is 4. The van der Waals surface area contributed by atoms with Gasteiger partial charge < -0.3 is 29.6 Å². The summed E-state index contributed by atoms with van der Waals surface area (Å²) in [6, 6.07) is 12.4. The number of carbonyl (C=O) groups is 2. The third-order valence-electron chi connectivity index (χ3n) is 7.34. The maximum absolute atomic E-state index is 13.3. The maximum atomic E-state index is 13.3. The molecule has 0 saturated carbocycles. The molecule has 2 unspecified atom stereocenters. The lowest BCUT2D eigenvalue weighted by atomic mass is 10.1. The predicted octanol–water partition coefficient (Wildman–Crippen LogP) is 3.31. The number of hydrogen-bond donors (Lipinski definition) is 4. The van der Waals surface area contributed by atoms with E-state index in [-0.39, 0.29) is 28.6 Å². The number of nitrogens with one attached hydrogen (secondary N) is 3. The van der Waals surface area contributed by atoms with Gasteiger partial charge in [-0.1, -0.05) is 12.1 Å². The van der Waals surface area contributed by atoms with Gasteiger partial charge in [-0.3, -0.25) is 19.2 Å². The maximum Gasteiger partial charge on any atom is 0.324 e. The van der Waals surface area contributed by atoms with E-state index < -0.39 is 47.6 Å². The minimum absolute atomic E-state index is 0.0928. The molecule has 0 bridgehead atoms. The molecule has 2 saturated heterocycles. The number of hydrogen-bond acceptors (Lipinski definition) is 10. The first-order valence-electron chi connectivity index (χ1n) is 14.3. The smallest absolute Gasteiger partial charge is 0.324 e. The second-order valence-electron chi connectivity index (χ2n) is 10.8. The van der Waals surface area contributed by atoms with Crippen LogP contribution in [0.25, 0.3) is 11.2 Å². The van der Waals surface area contributed by atoms with Gasteiger partial charge in [0.25, 0.3) is 17.2 Å². The van der Waals surface area contributed by atoms with Crippen LogP contribution in [0.3, 0.4) is 0 Å². The van der Waals surface area contributed by atoms with Crippen molar-refractivity contribution in [3.63, 3.8) is 0 Å². The summed E-state index contributed by atoms with van der Waals surface area (Å²) in [5, 5.41) is 8.17. The van der Waals surface area contributed by atoms with Crippen LogP contribution in [0.1, 0.15) is 27.0 Å². The molecule has 0 radical (unpaired) electrons. The van der Waals surface area contributed by atoms with E-state index in [9.17, 15) is 18.4 Å². The number of rotatable bonds is 9. The van der Waals surface area contributed by atoms with E-state index in [0.29, 0.717) is 23.6 Å². The largest absolute Gasteiger partial charge is 0.497 e. The Morgan fingerprint density at radius 2 is 1.80 bits per heavy atom. The molecule has 0 aliphatic carbocycles. The molecule has 0 spiro atoms. The van der Waals surface area contributed by atoms with Crippen LogP contribution in [0.2, 0.25) is 0 Å². The molecule has 16 nitrogen and oxygen atoms in total. The number of carbonyl (C=O) groups excluding carboxylic acids is 2. The molecule has 2 fully saturated rings. The molecule has 3 amide bonds. The fourth-order valence-corrected chi connectivity index (χ4v) is 6.09. The highest BCUT2D eigenvalue weighted by Gasteiger charge is 2.58. The van der Waals surface area contributed by atoms with E-state index in [4.69, 9.17) is 18.9 Å². The molecule has 4 heterocycles. The van der Waals surface area contributed by atoms with Crippen LogP contribution in [0.4, 0.5) is 27.7 Å². The standard InChI is InChI=1S/C29H32N8O8S/c1-5-30-26(38)22-21-23(45-29(2,3)44-21)27(43-22)36-15-33-20-24(31-14-32-25(20)36)35-28(39)34-18-8-6-7-9-19(18)37(46(40)41)16-10-12-17(42-4)13-11-16/h6-15,21-23,27H,5H2,1-4H3,(H,30,38)(H,40,41)(H2,31,32,34,35,39)/t21-,22+,23-,27?/m1/s1. The third kappa shape index (κ3) is 5.97. The van der Waals surface area contributed by atoms with Gasteiger partial charge in [0.15, 0.2) is 35.1 Å². The van der Waals surface area contributed by atoms with Crippen molar-refractivity contribution >= 4 is 57.2 Å². The predicted molar refractivity (Wildman–Crippen MR) is 167 cm³/mol. The fraction of sp³-hybridized carbons (Fsp3) is 0.345. The number of likely N-dealkylation sites (N-methyl/N-ethyl adjacent to an activating group) is 1. The third-order valence-corrected chi connectivity index (χ3v) is 8.06. The Kier molecular flexibility index (Phi) is 8.58. The van der Waals surface area contributed by atoms with Crippen LogP contribution in [0, 0.1) is 0 Å². The van der Waals surface area contributed by atoms with Crippen LogP contribution in [-0.2, 0) is 30.3 Å². The lowest BCUT2D eigenvalue weighted by molar-refractivity contribution is -0.197. The van der Waals surface area contributed by atoms with Crippen LogP contribution < -0.4 is 25.0 Å². The molecule has 242 valence electrons. The van der Waals surface area contributed by atoms with Crippen LogP contribution in [0.15, 0.2) is 61.2 Å². The number of imidazole rings is 1. The number of urea groups is 1. The molecular formula is C29H32N8O8S. The minimum Gasteiger partial charge on any atom is -0.497 e. The van der Waals surface area contributed by atoms with Crippen molar-refractivity contribution < 1.29 is 37.3 Å². The summed E-state index contributed by atoms with van der Waals surface area (Å²) < 4.78 is 48.8. The highest BCUT2D eigenvalue weighted by molar-refractivity contribution is 7.81. The normalized spacial score (nSPS) is 22.2. The summed E-state index contributed by atoms with van der Waals surface area (Å²) in [7, 11) is 1.52. The first kappa shape index (κ1) is 31.3. The zero-order valence-electron chi connectivity index (χ0n) is 25.2. The zero-order valence-corrected chi connectivity index (χ0v) is 26.1. The van der Waals surface area contributed by atoms with E-state index in [1.807, 2.05) is 6.92 Å². The van der Waals surface area contributed by atoms with Crippen molar-refractivity contribution in [3.8, 4) is 5.75 Å². The van der Waals surface area contributed by atoms with Gasteiger partial charge in [0.1, 0.15) is 24.3 Å². The van der Waals surface area contributed by atoms with Crippen molar-refractivity contribution in [2.75, 3.05) is 28.6 Å². The summed E-state index contributed by atoms with van der Waals surface area (Å²) in [5.74, 6) is -0.600. The summed E-state index contributed by atoms with van der Waals surface area (Å²) in [5.41, 5.74) is 1.47. The van der Waals surface area contributed by atoms with Gasteiger partial charge in [0, 0.05) is 6.54 Å². The number of nitrogens with zero attached hydrogens (tertiary/aromatic N) is 5. The lowest BCUT2D eigenvalue weighted by Crippen LogP contribution is -2.42. The van der Waals surface area contributed by atoms with Gasteiger partial charge in [-0.2, -0.15) is 0 Å². The van der Waals surface area contributed by atoms with Crippen molar-refractivity contribution in [2.45, 2.75) is 51.1 Å². The molecule has 6 rings (SSSR count). The number of amides is 3. The number of benzene rings is 2. The van der Waals surface area contributed by atoms with Crippen LogP contribution in [-0.4, -0.2) is 78.0 Å². The van der Waals surface area contributed by atoms with Gasteiger partial charge in [0.05, 0.1) is 30.5 Å².